The average molecular weight is 296 g/mol. The molecule has 0 fully saturated rings. The fourth-order valence-corrected chi connectivity index (χ4v) is 1.67. The lowest BCUT2D eigenvalue weighted by Gasteiger charge is -2.19. The number of benzene rings is 1. The van der Waals surface area contributed by atoms with Crippen molar-refractivity contribution in [2.24, 2.45) is 0 Å². The van der Waals surface area contributed by atoms with Crippen LogP contribution >= 0.6 is 0 Å². The minimum absolute atomic E-state index is 0.0186. The van der Waals surface area contributed by atoms with Gasteiger partial charge in [0.25, 0.3) is 0 Å². The van der Waals surface area contributed by atoms with Crippen molar-refractivity contribution in [3.8, 4) is 5.75 Å². The SMILES string of the molecule is CCOCC(C)OC(C)CNC(=O)Oc1ccc(N)cc1. The Morgan fingerprint density at radius 3 is 2.52 bits per heavy atom. The minimum atomic E-state index is -0.521. The van der Waals surface area contributed by atoms with Gasteiger partial charge in [-0.15, -0.1) is 0 Å². The van der Waals surface area contributed by atoms with E-state index in [1.807, 2.05) is 20.8 Å². The molecule has 1 amide bonds. The minimum Gasteiger partial charge on any atom is -0.410 e. The zero-order chi connectivity index (χ0) is 15.7. The van der Waals surface area contributed by atoms with Crippen LogP contribution in [-0.2, 0) is 9.47 Å². The van der Waals surface area contributed by atoms with Gasteiger partial charge in [0.15, 0.2) is 0 Å². The second-order valence-electron chi connectivity index (χ2n) is 4.76. The molecule has 2 atom stereocenters. The second-order valence-corrected chi connectivity index (χ2v) is 4.76. The molecule has 3 N–H and O–H groups in total. The number of ether oxygens (including phenoxy) is 3. The van der Waals surface area contributed by atoms with Crippen LogP contribution < -0.4 is 15.8 Å². The number of amides is 1. The molecule has 0 radical (unpaired) electrons. The molecule has 0 heterocycles. The van der Waals surface area contributed by atoms with E-state index in [9.17, 15) is 4.79 Å². The summed E-state index contributed by atoms with van der Waals surface area (Å²) in [5, 5.41) is 2.65. The average Bonchev–Trinajstić information content (AvgIpc) is 2.45. The van der Waals surface area contributed by atoms with E-state index >= 15 is 0 Å². The van der Waals surface area contributed by atoms with Gasteiger partial charge in [0.05, 0.1) is 18.8 Å². The van der Waals surface area contributed by atoms with Gasteiger partial charge in [-0.25, -0.2) is 4.79 Å². The number of nitrogens with two attached hydrogens (primary N) is 1. The third kappa shape index (κ3) is 7.53. The number of hydrogen-bond donors (Lipinski definition) is 2. The zero-order valence-electron chi connectivity index (χ0n) is 12.8. The molecule has 0 aliphatic rings. The molecule has 118 valence electrons. The first kappa shape index (κ1) is 17.3. The van der Waals surface area contributed by atoms with Gasteiger partial charge in [-0.2, -0.15) is 0 Å². The monoisotopic (exact) mass is 296 g/mol. The molecule has 1 aromatic rings. The van der Waals surface area contributed by atoms with E-state index in [1.54, 1.807) is 24.3 Å². The van der Waals surface area contributed by atoms with E-state index < -0.39 is 6.09 Å². The van der Waals surface area contributed by atoms with Crippen LogP contribution in [0.5, 0.6) is 5.75 Å². The summed E-state index contributed by atoms with van der Waals surface area (Å²) in [5.41, 5.74) is 6.17. The lowest BCUT2D eigenvalue weighted by Crippen LogP contribution is -2.36. The molecule has 1 rings (SSSR count). The van der Waals surface area contributed by atoms with Crippen molar-refractivity contribution in [3.05, 3.63) is 24.3 Å². The van der Waals surface area contributed by atoms with Crippen molar-refractivity contribution < 1.29 is 19.0 Å². The third-order valence-corrected chi connectivity index (χ3v) is 2.65. The molecule has 0 saturated carbocycles. The highest BCUT2D eigenvalue weighted by molar-refractivity contribution is 5.70. The second kappa shape index (κ2) is 9.20. The van der Waals surface area contributed by atoms with E-state index in [0.29, 0.717) is 31.2 Å². The summed E-state index contributed by atoms with van der Waals surface area (Å²) >= 11 is 0. The van der Waals surface area contributed by atoms with Crippen LogP contribution in [0.4, 0.5) is 10.5 Å². The van der Waals surface area contributed by atoms with Gasteiger partial charge < -0.3 is 25.3 Å². The van der Waals surface area contributed by atoms with Crippen molar-refractivity contribution in [2.75, 3.05) is 25.5 Å². The molecule has 0 aliphatic heterocycles. The maximum absolute atomic E-state index is 11.6. The van der Waals surface area contributed by atoms with E-state index in [-0.39, 0.29) is 12.2 Å². The zero-order valence-corrected chi connectivity index (χ0v) is 12.8. The highest BCUT2D eigenvalue weighted by Gasteiger charge is 2.11. The van der Waals surface area contributed by atoms with Gasteiger partial charge in [-0.1, -0.05) is 0 Å². The summed E-state index contributed by atoms with van der Waals surface area (Å²) in [6, 6.07) is 6.62. The van der Waals surface area contributed by atoms with Crippen LogP contribution in [-0.4, -0.2) is 38.1 Å². The summed E-state index contributed by atoms with van der Waals surface area (Å²) < 4.78 is 16.0. The quantitative estimate of drug-likeness (QED) is 0.718. The van der Waals surface area contributed by atoms with E-state index in [4.69, 9.17) is 19.9 Å². The first-order valence-corrected chi connectivity index (χ1v) is 7.05. The normalized spacial score (nSPS) is 13.5. The molecule has 0 bridgehead atoms. The predicted molar refractivity (Wildman–Crippen MR) is 81.4 cm³/mol. The summed E-state index contributed by atoms with van der Waals surface area (Å²) in [4.78, 5) is 11.6. The smallest absolute Gasteiger partial charge is 0.410 e. The molecule has 0 spiro atoms. The number of hydrogen-bond acceptors (Lipinski definition) is 5. The lowest BCUT2D eigenvalue weighted by atomic mass is 10.3. The standard InChI is InChI=1S/C15H24N2O4/c1-4-19-10-12(3)20-11(2)9-17-15(18)21-14-7-5-13(16)6-8-14/h5-8,11-12H,4,9-10,16H2,1-3H3,(H,17,18). The molecule has 2 unspecified atom stereocenters. The van der Waals surface area contributed by atoms with Crippen LogP contribution in [0.2, 0.25) is 0 Å². The van der Waals surface area contributed by atoms with E-state index in [0.717, 1.165) is 0 Å². The van der Waals surface area contributed by atoms with Crippen LogP contribution in [0.1, 0.15) is 20.8 Å². The highest BCUT2D eigenvalue weighted by atomic mass is 16.6. The van der Waals surface area contributed by atoms with Crippen LogP contribution in [0.25, 0.3) is 0 Å². The Labute approximate surface area is 125 Å². The number of carbonyl (C=O) groups excluding carboxylic acids is 1. The summed E-state index contributed by atoms with van der Waals surface area (Å²) in [6.07, 6.45) is -0.665. The van der Waals surface area contributed by atoms with Crippen molar-refractivity contribution in [3.63, 3.8) is 0 Å². The summed E-state index contributed by atoms with van der Waals surface area (Å²) in [7, 11) is 0. The summed E-state index contributed by atoms with van der Waals surface area (Å²) in [6.45, 7) is 7.31. The van der Waals surface area contributed by atoms with Crippen molar-refractivity contribution >= 4 is 11.8 Å². The Balaban J connectivity index is 2.24. The Bertz CT molecular complexity index is 422. The molecule has 6 nitrogen and oxygen atoms in total. The van der Waals surface area contributed by atoms with Crippen molar-refractivity contribution in [2.45, 2.75) is 33.0 Å². The number of nitrogen functional groups attached to an aromatic ring is 1. The molecule has 0 aromatic heterocycles. The molecule has 21 heavy (non-hydrogen) atoms. The van der Waals surface area contributed by atoms with Crippen LogP contribution in [0.15, 0.2) is 24.3 Å². The number of carbonyl (C=O) groups is 1. The number of nitrogens with one attached hydrogen (secondary N) is 1. The first-order chi connectivity index (χ1) is 10.0. The van der Waals surface area contributed by atoms with Gasteiger partial charge in [0.2, 0.25) is 0 Å². The van der Waals surface area contributed by atoms with Crippen molar-refractivity contribution in [1.29, 1.82) is 0 Å². The van der Waals surface area contributed by atoms with Gasteiger partial charge in [-0.05, 0) is 45.0 Å². The molecule has 6 heteroatoms. The van der Waals surface area contributed by atoms with Crippen LogP contribution in [0, 0.1) is 0 Å². The highest BCUT2D eigenvalue weighted by Crippen LogP contribution is 2.13. The predicted octanol–water partition coefficient (Wildman–Crippen LogP) is 2.19. The Morgan fingerprint density at radius 2 is 1.90 bits per heavy atom. The molecular weight excluding hydrogens is 272 g/mol. The number of rotatable bonds is 8. The van der Waals surface area contributed by atoms with Gasteiger partial charge >= 0.3 is 6.09 Å². The Kier molecular flexibility index (Phi) is 7.56. The fourth-order valence-electron chi connectivity index (χ4n) is 1.67. The van der Waals surface area contributed by atoms with Crippen molar-refractivity contribution in [1.82, 2.24) is 5.32 Å². The molecular formula is C15H24N2O4. The molecule has 0 saturated heterocycles. The molecule has 0 aliphatic carbocycles. The maximum atomic E-state index is 11.6. The van der Waals surface area contributed by atoms with Gasteiger partial charge in [0, 0.05) is 18.8 Å². The largest absolute Gasteiger partial charge is 0.412 e. The van der Waals surface area contributed by atoms with Gasteiger partial charge in [-0.3, -0.25) is 0 Å². The topological polar surface area (TPSA) is 82.8 Å². The lowest BCUT2D eigenvalue weighted by molar-refractivity contribution is -0.0378. The summed E-state index contributed by atoms with van der Waals surface area (Å²) in [5.74, 6) is 0.444. The molecule has 1 aromatic carbocycles. The first-order valence-electron chi connectivity index (χ1n) is 7.05. The third-order valence-electron chi connectivity index (χ3n) is 2.65. The van der Waals surface area contributed by atoms with Crippen LogP contribution in [0.3, 0.4) is 0 Å². The maximum Gasteiger partial charge on any atom is 0.412 e. The number of anilines is 1. The fraction of sp³-hybridized carbons (Fsp3) is 0.533. The Hall–Kier alpha value is -1.79. The Morgan fingerprint density at radius 1 is 1.24 bits per heavy atom. The van der Waals surface area contributed by atoms with E-state index in [2.05, 4.69) is 5.32 Å². The van der Waals surface area contributed by atoms with Gasteiger partial charge in [0.1, 0.15) is 5.75 Å². The van der Waals surface area contributed by atoms with E-state index in [1.165, 1.54) is 0 Å².